The molecule has 0 radical (unpaired) electrons. The number of thioether (sulfide) groups is 1. The summed E-state index contributed by atoms with van der Waals surface area (Å²) in [5.41, 5.74) is 1.33. The van der Waals surface area contributed by atoms with Crippen LogP contribution in [0.1, 0.15) is 5.56 Å². The van der Waals surface area contributed by atoms with E-state index in [1.165, 1.54) is 40.9 Å². The summed E-state index contributed by atoms with van der Waals surface area (Å²) in [7, 11) is 1.76. The molecule has 0 N–H and O–H groups in total. The van der Waals surface area contributed by atoms with Crippen molar-refractivity contribution in [2.24, 2.45) is 0 Å². The van der Waals surface area contributed by atoms with E-state index in [1.807, 2.05) is 11.8 Å². The maximum Gasteiger partial charge on any atom is 0.123 e. The lowest BCUT2D eigenvalue weighted by Crippen LogP contribution is -2.32. The summed E-state index contributed by atoms with van der Waals surface area (Å²) >= 11 is 2.05. The number of fused-ring (bicyclic) bond motifs is 1. The highest BCUT2D eigenvalue weighted by Crippen LogP contribution is 2.29. The Kier molecular flexibility index (Phi) is 3.95. The molecule has 1 aliphatic rings. The minimum absolute atomic E-state index is 0.991. The molecule has 0 aliphatic carbocycles. The second-order valence-electron chi connectivity index (χ2n) is 4.86. The van der Waals surface area contributed by atoms with Gasteiger partial charge in [-0.25, -0.2) is 0 Å². The normalized spacial score (nSPS) is 16.7. The average Bonchev–Trinajstić information content (AvgIpc) is 2.49. The van der Waals surface area contributed by atoms with Crippen molar-refractivity contribution in [3.8, 4) is 5.75 Å². The van der Waals surface area contributed by atoms with E-state index in [9.17, 15) is 0 Å². The Balaban J connectivity index is 1.98. The molecule has 0 unspecified atom stereocenters. The number of rotatable bonds is 3. The molecule has 19 heavy (non-hydrogen) atoms. The quantitative estimate of drug-likeness (QED) is 0.850. The number of methoxy groups -OCH3 is 1. The molecule has 0 saturated carbocycles. The summed E-state index contributed by atoms with van der Waals surface area (Å²) < 4.78 is 5.56. The molecular formula is C16H19NOS. The largest absolute Gasteiger partial charge is 0.496 e. The van der Waals surface area contributed by atoms with Crippen LogP contribution in [0.3, 0.4) is 0 Å². The minimum atomic E-state index is 0.991. The Labute approximate surface area is 118 Å². The highest BCUT2D eigenvalue weighted by Gasteiger charge is 2.15. The van der Waals surface area contributed by atoms with E-state index in [1.54, 1.807) is 7.11 Å². The molecule has 2 aromatic rings. The third-order valence-electron chi connectivity index (χ3n) is 3.70. The van der Waals surface area contributed by atoms with Crippen LogP contribution in [0.15, 0.2) is 36.4 Å². The summed E-state index contributed by atoms with van der Waals surface area (Å²) in [5.74, 6) is 3.50. The molecule has 0 atom stereocenters. The first kappa shape index (κ1) is 12.8. The van der Waals surface area contributed by atoms with Gasteiger partial charge in [0.1, 0.15) is 5.75 Å². The summed E-state index contributed by atoms with van der Waals surface area (Å²) in [4.78, 5) is 2.53. The van der Waals surface area contributed by atoms with Gasteiger partial charge >= 0.3 is 0 Å². The maximum atomic E-state index is 5.56. The molecule has 1 fully saturated rings. The summed E-state index contributed by atoms with van der Waals surface area (Å²) in [6.07, 6.45) is 0. The number of hydrogen-bond acceptors (Lipinski definition) is 3. The van der Waals surface area contributed by atoms with Crippen molar-refractivity contribution in [2.45, 2.75) is 6.54 Å². The van der Waals surface area contributed by atoms with Gasteiger partial charge in [0.15, 0.2) is 0 Å². The first-order valence-corrected chi connectivity index (χ1v) is 7.88. The molecule has 0 aromatic heterocycles. The smallest absolute Gasteiger partial charge is 0.123 e. The number of benzene rings is 2. The zero-order chi connectivity index (χ0) is 13.1. The molecular weight excluding hydrogens is 254 g/mol. The highest BCUT2D eigenvalue weighted by atomic mass is 32.2. The Morgan fingerprint density at radius 2 is 1.89 bits per heavy atom. The van der Waals surface area contributed by atoms with Crippen LogP contribution in [0.2, 0.25) is 0 Å². The standard InChI is InChI=1S/C16H19NOS/c1-18-16-7-6-13-4-2-3-5-14(13)15(16)12-17-8-10-19-11-9-17/h2-7H,8-12H2,1H3. The van der Waals surface area contributed by atoms with Crippen LogP contribution in [-0.2, 0) is 6.54 Å². The SMILES string of the molecule is COc1ccc2ccccc2c1CN1CCSCC1. The first-order valence-electron chi connectivity index (χ1n) is 6.73. The number of nitrogens with zero attached hydrogens (tertiary/aromatic N) is 1. The van der Waals surface area contributed by atoms with Crippen LogP contribution >= 0.6 is 11.8 Å². The molecule has 0 bridgehead atoms. The van der Waals surface area contributed by atoms with Gasteiger partial charge in [-0.15, -0.1) is 0 Å². The predicted molar refractivity (Wildman–Crippen MR) is 83.1 cm³/mol. The highest BCUT2D eigenvalue weighted by molar-refractivity contribution is 7.99. The fourth-order valence-electron chi connectivity index (χ4n) is 2.65. The molecule has 1 aliphatic heterocycles. The maximum absolute atomic E-state index is 5.56. The number of hydrogen-bond donors (Lipinski definition) is 0. The first-order chi connectivity index (χ1) is 9.38. The lowest BCUT2D eigenvalue weighted by Gasteiger charge is -2.27. The molecule has 0 amide bonds. The van der Waals surface area contributed by atoms with Gasteiger partial charge in [-0.1, -0.05) is 30.3 Å². The van der Waals surface area contributed by atoms with E-state index in [-0.39, 0.29) is 0 Å². The lowest BCUT2D eigenvalue weighted by atomic mass is 10.0. The molecule has 3 rings (SSSR count). The molecule has 1 saturated heterocycles. The van der Waals surface area contributed by atoms with Crippen molar-refractivity contribution in [3.63, 3.8) is 0 Å². The third kappa shape index (κ3) is 2.72. The van der Waals surface area contributed by atoms with Gasteiger partial charge < -0.3 is 4.74 Å². The van der Waals surface area contributed by atoms with Gasteiger partial charge in [-0.2, -0.15) is 11.8 Å². The van der Waals surface area contributed by atoms with Gasteiger partial charge in [0.2, 0.25) is 0 Å². The van der Waals surface area contributed by atoms with Crippen molar-refractivity contribution in [1.82, 2.24) is 4.90 Å². The molecule has 100 valence electrons. The Bertz CT molecular complexity index is 564. The van der Waals surface area contributed by atoms with Crippen molar-refractivity contribution in [3.05, 3.63) is 42.0 Å². The van der Waals surface area contributed by atoms with Gasteiger partial charge in [-0.05, 0) is 16.8 Å². The monoisotopic (exact) mass is 273 g/mol. The van der Waals surface area contributed by atoms with Gasteiger partial charge in [0.05, 0.1) is 7.11 Å². The van der Waals surface area contributed by atoms with Gasteiger partial charge in [0.25, 0.3) is 0 Å². The topological polar surface area (TPSA) is 12.5 Å². The molecule has 1 heterocycles. The summed E-state index contributed by atoms with van der Waals surface area (Å²) in [6.45, 7) is 3.35. The van der Waals surface area contributed by atoms with E-state index >= 15 is 0 Å². The van der Waals surface area contributed by atoms with E-state index in [4.69, 9.17) is 4.74 Å². The molecule has 2 nitrogen and oxygen atoms in total. The van der Waals surface area contributed by atoms with E-state index < -0.39 is 0 Å². The second kappa shape index (κ2) is 5.85. The Morgan fingerprint density at radius 1 is 1.11 bits per heavy atom. The van der Waals surface area contributed by atoms with Crippen LogP contribution in [0.5, 0.6) is 5.75 Å². The fourth-order valence-corrected chi connectivity index (χ4v) is 3.63. The summed E-state index contributed by atoms with van der Waals surface area (Å²) in [5, 5.41) is 2.62. The molecule has 3 heteroatoms. The van der Waals surface area contributed by atoms with Crippen molar-refractivity contribution in [1.29, 1.82) is 0 Å². The van der Waals surface area contributed by atoms with Crippen LogP contribution in [0, 0.1) is 0 Å². The molecule has 2 aromatic carbocycles. The van der Waals surface area contributed by atoms with Crippen molar-refractivity contribution in [2.75, 3.05) is 31.7 Å². The zero-order valence-corrected chi connectivity index (χ0v) is 12.1. The Morgan fingerprint density at radius 3 is 2.68 bits per heavy atom. The lowest BCUT2D eigenvalue weighted by molar-refractivity contribution is 0.289. The Hall–Kier alpha value is -1.19. The average molecular weight is 273 g/mol. The third-order valence-corrected chi connectivity index (χ3v) is 4.65. The van der Waals surface area contributed by atoms with Crippen molar-refractivity contribution < 1.29 is 4.74 Å². The summed E-state index contributed by atoms with van der Waals surface area (Å²) in [6, 6.07) is 12.8. The number of ether oxygens (including phenoxy) is 1. The van der Waals surface area contributed by atoms with Gasteiger partial charge in [0, 0.05) is 36.7 Å². The van der Waals surface area contributed by atoms with Crippen LogP contribution < -0.4 is 4.74 Å². The zero-order valence-electron chi connectivity index (χ0n) is 11.3. The van der Waals surface area contributed by atoms with Gasteiger partial charge in [-0.3, -0.25) is 4.90 Å². The van der Waals surface area contributed by atoms with E-state index in [0.717, 1.165) is 12.3 Å². The fraction of sp³-hybridized carbons (Fsp3) is 0.375. The van der Waals surface area contributed by atoms with Crippen LogP contribution in [-0.4, -0.2) is 36.6 Å². The van der Waals surface area contributed by atoms with E-state index in [2.05, 4.69) is 41.3 Å². The van der Waals surface area contributed by atoms with Crippen molar-refractivity contribution >= 4 is 22.5 Å². The minimum Gasteiger partial charge on any atom is -0.496 e. The second-order valence-corrected chi connectivity index (χ2v) is 6.08. The predicted octanol–water partition coefficient (Wildman–Crippen LogP) is 3.40. The molecule has 0 spiro atoms. The van der Waals surface area contributed by atoms with Crippen LogP contribution in [0.25, 0.3) is 10.8 Å². The van der Waals surface area contributed by atoms with E-state index in [0.29, 0.717) is 0 Å². The van der Waals surface area contributed by atoms with Crippen LogP contribution in [0.4, 0.5) is 0 Å².